The van der Waals surface area contributed by atoms with Crippen LogP contribution in [0.25, 0.3) is 10.4 Å². The SMILES string of the molecule is [CH3][Sn]([CH3])[N]=[N+]=[N-]. The molecule has 33 valence electrons. The zero-order valence-corrected chi connectivity index (χ0v) is 6.70. The van der Waals surface area contributed by atoms with Crippen LogP contribution in [0.1, 0.15) is 0 Å². The van der Waals surface area contributed by atoms with Crippen LogP contribution in [0.2, 0.25) is 9.88 Å². The van der Waals surface area contributed by atoms with E-state index in [2.05, 4.69) is 8.25 Å². The Kier molecular flexibility index (Phi) is 3.36. The first-order chi connectivity index (χ1) is 2.77. The van der Waals surface area contributed by atoms with Crippen molar-refractivity contribution in [3.63, 3.8) is 0 Å². The molecule has 0 N–H and O–H groups in total. The molecule has 0 spiro atoms. The Morgan fingerprint density at radius 1 is 1.67 bits per heavy atom. The molecule has 0 bridgehead atoms. The molecule has 0 aliphatic carbocycles. The molecule has 6 heavy (non-hydrogen) atoms. The second-order valence-corrected chi connectivity index (χ2v) is 7.11. The molecule has 4 heteroatoms. The van der Waals surface area contributed by atoms with Gasteiger partial charge in [-0.1, -0.05) is 0 Å². The van der Waals surface area contributed by atoms with E-state index in [1.807, 2.05) is 9.88 Å². The Labute approximate surface area is 44.1 Å². The van der Waals surface area contributed by atoms with Gasteiger partial charge in [0, 0.05) is 0 Å². The van der Waals surface area contributed by atoms with Gasteiger partial charge in [-0.05, 0) is 0 Å². The predicted octanol–water partition coefficient (Wildman–Crippen LogP) is 1.55. The van der Waals surface area contributed by atoms with Crippen molar-refractivity contribution in [2.45, 2.75) is 9.88 Å². The summed E-state index contributed by atoms with van der Waals surface area (Å²) in [5.41, 5.74) is 7.74. The van der Waals surface area contributed by atoms with Gasteiger partial charge >= 0.3 is 43.7 Å². The predicted molar refractivity (Wildman–Crippen MR) is 26.6 cm³/mol. The van der Waals surface area contributed by atoms with Gasteiger partial charge in [0.05, 0.1) is 0 Å². The van der Waals surface area contributed by atoms with Gasteiger partial charge in [0.15, 0.2) is 0 Å². The van der Waals surface area contributed by atoms with Gasteiger partial charge in [-0.25, -0.2) is 0 Å². The standard InChI is InChI=1S/2CH3.N3.Sn/c;;1-3-2;/h2*1H3;;/q;;-1;+1. The molecule has 0 aromatic rings. The topological polar surface area (TPSA) is 48.8 Å². The average Bonchev–Trinajstić information content (AvgIpc) is 1.35. The summed E-state index contributed by atoms with van der Waals surface area (Å²) >= 11 is -1.41. The molecule has 0 aliphatic heterocycles. The molecule has 3 nitrogen and oxygen atoms in total. The fourth-order valence-electron chi connectivity index (χ4n) is 0.0894. The van der Waals surface area contributed by atoms with E-state index in [-0.39, 0.29) is 0 Å². The van der Waals surface area contributed by atoms with E-state index in [4.69, 9.17) is 5.53 Å². The summed E-state index contributed by atoms with van der Waals surface area (Å²) in [6.45, 7) is 0. The number of azide groups is 1. The van der Waals surface area contributed by atoms with E-state index < -0.39 is 20.0 Å². The van der Waals surface area contributed by atoms with Crippen LogP contribution in [0.3, 0.4) is 0 Å². The molecule has 0 atom stereocenters. The van der Waals surface area contributed by atoms with Gasteiger partial charge in [-0.3, -0.25) is 0 Å². The molecular weight excluding hydrogens is 185 g/mol. The molecular formula is C2H6N3Sn. The van der Waals surface area contributed by atoms with Crippen molar-refractivity contribution < 1.29 is 0 Å². The van der Waals surface area contributed by atoms with Crippen LogP contribution in [-0.2, 0) is 0 Å². The minimum atomic E-state index is -1.41. The van der Waals surface area contributed by atoms with Crippen LogP contribution in [0.4, 0.5) is 0 Å². The van der Waals surface area contributed by atoms with E-state index in [0.29, 0.717) is 0 Å². The van der Waals surface area contributed by atoms with Crippen LogP contribution >= 0.6 is 0 Å². The maximum absolute atomic E-state index is 7.74. The quantitative estimate of drug-likeness (QED) is 0.261. The summed E-state index contributed by atoms with van der Waals surface area (Å²) in [5, 5.41) is 0. The maximum atomic E-state index is 7.74. The van der Waals surface area contributed by atoms with Gasteiger partial charge in [0.2, 0.25) is 0 Å². The van der Waals surface area contributed by atoms with Crippen molar-refractivity contribution in [2.75, 3.05) is 0 Å². The van der Waals surface area contributed by atoms with Crippen LogP contribution in [-0.4, -0.2) is 20.0 Å². The number of nitrogens with zero attached hydrogens (tertiary/aromatic N) is 3. The Balaban J connectivity index is 3.29. The summed E-state index contributed by atoms with van der Waals surface area (Å²) in [4.78, 5) is 6.71. The van der Waals surface area contributed by atoms with E-state index in [0.717, 1.165) is 0 Å². The van der Waals surface area contributed by atoms with Crippen LogP contribution < -0.4 is 0 Å². The normalized spacial score (nSPS) is 7.83. The van der Waals surface area contributed by atoms with Gasteiger partial charge in [-0.2, -0.15) is 0 Å². The van der Waals surface area contributed by atoms with Crippen molar-refractivity contribution in [1.82, 2.24) is 0 Å². The molecule has 0 heterocycles. The van der Waals surface area contributed by atoms with E-state index in [1.165, 1.54) is 0 Å². The van der Waals surface area contributed by atoms with Crippen molar-refractivity contribution in [1.29, 1.82) is 0 Å². The monoisotopic (exact) mass is 192 g/mol. The minimum absolute atomic E-state index is 1.41. The average molecular weight is 191 g/mol. The van der Waals surface area contributed by atoms with Crippen LogP contribution in [0.15, 0.2) is 3.34 Å². The molecule has 0 rings (SSSR count). The number of hydrogen-bond donors (Lipinski definition) is 0. The summed E-state index contributed by atoms with van der Waals surface area (Å²) < 4.78 is 3.50. The fraction of sp³-hybridized carbons (Fsp3) is 1.00. The molecule has 0 aromatic carbocycles. The number of rotatable bonds is 1. The van der Waals surface area contributed by atoms with Gasteiger partial charge in [-0.15, -0.1) is 0 Å². The zero-order valence-electron chi connectivity index (χ0n) is 3.84. The van der Waals surface area contributed by atoms with Gasteiger partial charge in [0.25, 0.3) is 0 Å². The molecule has 0 aromatic heterocycles. The third-order valence-electron chi connectivity index (χ3n) is 0.245. The van der Waals surface area contributed by atoms with E-state index in [1.54, 1.807) is 0 Å². The molecule has 0 aliphatic rings. The molecule has 0 saturated heterocycles. The van der Waals surface area contributed by atoms with Crippen molar-refractivity contribution in [3.05, 3.63) is 10.4 Å². The van der Waals surface area contributed by atoms with Crippen LogP contribution in [0.5, 0.6) is 0 Å². The summed E-state index contributed by atoms with van der Waals surface area (Å²) in [5.74, 6) is 0. The molecule has 0 unspecified atom stereocenters. The van der Waals surface area contributed by atoms with E-state index >= 15 is 0 Å². The molecule has 0 saturated carbocycles. The Hall–Kier alpha value is 0.109. The van der Waals surface area contributed by atoms with Crippen molar-refractivity contribution in [3.8, 4) is 0 Å². The Morgan fingerprint density at radius 2 is 2.17 bits per heavy atom. The second-order valence-electron chi connectivity index (χ2n) is 1.14. The van der Waals surface area contributed by atoms with Gasteiger partial charge < -0.3 is 0 Å². The van der Waals surface area contributed by atoms with Gasteiger partial charge in [0.1, 0.15) is 0 Å². The zero-order chi connectivity index (χ0) is 4.99. The fourth-order valence-corrected chi connectivity index (χ4v) is 0.600. The first-order valence-corrected chi connectivity index (χ1v) is 8.61. The summed E-state index contributed by atoms with van der Waals surface area (Å²) in [6.07, 6.45) is 0. The Bertz CT molecular complexity index is 72.9. The second kappa shape index (κ2) is 3.30. The first-order valence-electron chi connectivity index (χ1n) is 1.62. The van der Waals surface area contributed by atoms with Crippen LogP contribution in [0, 0.1) is 0 Å². The third-order valence-corrected chi connectivity index (χ3v) is 1.64. The molecule has 0 amide bonds. The molecule has 0 fully saturated rings. The third kappa shape index (κ3) is 4.11. The number of hydrogen-bond acceptors (Lipinski definition) is 1. The van der Waals surface area contributed by atoms with Crippen molar-refractivity contribution >= 4 is 20.0 Å². The summed E-state index contributed by atoms with van der Waals surface area (Å²) in [6, 6.07) is 0. The Morgan fingerprint density at radius 3 is 2.17 bits per heavy atom. The van der Waals surface area contributed by atoms with E-state index in [9.17, 15) is 0 Å². The molecule has 1 radical (unpaired) electrons. The first kappa shape index (κ1) is 6.11. The summed E-state index contributed by atoms with van der Waals surface area (Å²) in [7, 11) is 0. The van der Waals surface area contributed by atoms with Crippen molar-refractivity contribution in [2.24, 2.45) is 3.34 Å².